The van der Waals surface area contributed by atoms with Gasteiger partial charge < -0.3 is 29.5 Å². The maximum absolute atomic E-state index is 11.2. The highest BCUT2D eigenvalue weighted by atomic mass is 16.6. The van der Waals surface area contributed by atoms with E-state index in [0.29, 0.717) is 17.2 Å². The second-order valence-corrected chi connectivity index (χ2v) is 20.5. The van der Waals surface area contributed by atoms with E-state index in [0.717, 1.165) is 33.4 Å². The minimum atomic E-state index is -0.470. The minimum Gasteiger partial charge on any atom is -0.508 e. The van der Waals surface area contributed by atoms with Crippen molar-refractivity contribution in [2.45, 2.75) is 157 Å². The van der Waals surface area contributed by atoms with Crippen molar-refractivity contribution in [2.24, 2.45) is 0 Å². The van der Waals surface area contributed by atoms with Gasteiger partial charge in [0.15, 0.2) is 0 Å². The molecule has 0 bridgehead atoms. The molecule has 3 N–H and O–H groups in total. The second-order valence-electron chi connectivity index (χ2n) is 20.5. The minimum absolute atomic E-state index is 0.00609. The van der Waals surface area contributed by atoms with Crippen molar-refractivity contribution in [2.75, 3.05) is 0 Å². The van der Waals surface area contributed by atoms with Gasteiger partial charge in [0.1, 0.15) is 34.5 Å². The fourth-order valence-corrected chi connectivity index (χ4v) is 7.31. The average Bonchev–Trinajstić information content (AvgIpc) is 2.97. The maximum Gasteiger partial charge on any atom is 0.290 e. The van der Waals surface area contributed by atoms with Gasteiger partial charge in [-0.3, -0.25) is 0 Å². The average molecular weight is 742 g/mol. The molecule has 9 nitrogen and oxygen atoms in total. The smallest absolute Gasteiger partial charge is 0.290 e. The monoisotopic (exact) mass is 741 g/mol. The van der Waals surface area contributed by atoms with Gasteiger partial charge in [-0.15, -0.1) is 0 Å². The number of benzene rings is 3. The van der Waals surface area contributed by atoms with E-state index in [1.165, 1.54) is 0 Å². The molecular weight excluding hydrogens is 679 g/mol. The van der Waals surface area contributed by atoms with Crippen LogP contribution < -0.4 is 14.2 Å². The molecule has 1 heterocycles. The van der Waals surface area contributed by atoms with Crippen LogP contribution in [0.2, 0.25) is 0 Å². The molecule has 0 atom stereocenters. The molecule has 0 aliphatic carbocycles. The summed E-state index contributed by atoms with van der Waals surface area (Å²) in [4.78, 5) is 0. The third kappa shape index (κ3) is 8.71. The Bertz CT molecular complexity index is 1920. The van der Waals surface area contributed by atoms with E-state index >= 15 is 0 Å². The Balaban J connectivity index is 2.11. The highest BCUT2D eigenvalue weighted by molar-refractivity contribution is 5.60. The summed E-state index contributed by atoms with van der Waals surface area (Å²) in [5.41, 5.74) is 2.01. The Labute approximate surface area is 323 Å². The fourth-order valence-electron chi connectivity index (χ4n) is 7.31. The van der Waals surface area contributed by atoms with Gasteiger partial charge in [0, 0.05) is 33.4 Å². The van der Waals surface area contributed by atoms with Gasteiger partial charge in [0.05, 0.1) is 0 Å². The molecule has 294 valence electrons. The molecular formula is C45H63N3O6. The van der Waals surface area contributed by atoms with Crippen molar-refractivity contribution in [3.63, 3.8) is 0 Å². The van der Waals surface area contributed by atoms with E-state index in [1.807, 2.05) is 0 Å². The van der Waals surface area contributed by atoms with Crippen LogP contribution >= 0.6 is 0 Å². The lowest BCUT2D eigenvalue weighted by Crippen LogP contribution is -2.23. The lowest BCUT2D eigenvalue weighted by atomic mass is 9.74. The van der Waals surface area contributed by atoms with Gasteiger partial charge in [-0.05, 0) is 74.1 Å². The van der Waals surface area contributed by atoms with Crippen molar-refractivity contribution in [1.82, 2.24) is 15.4 Å². The van der Waals surface area contributed by atoms with Crippen molar-refractivity contribution >= 4 is 0 Å². The van der Waals surface area contributed by atoms with Crippen LogP contribution in [-0.2, 0) is 32.5 Å². The summed E-state index contributed by atoms with van der Waals surface area (Å²) in [6.07, 6.45) is 0. The standard InChI is InChI=1S/C45H63N3O6/c1-40(2,3)31-25(49)19-22-28(34(31)43(10,11)12)52-37-38(53-29-23-20-26(50)32(41(4,5)6)35(29)44(13,14)15)46-48-47-39(37)54-30-24-21-27(51)33(42(7,8)9)36(30)45(16,17)18/h19-24,49-51H,1-18H3. The third-order valence-electron chi connectivity index (χ3n) is 9.22. The molecule has 9 heteroatoms. The summed E-state index contributed by atoms with van der Waals surface area (Å²) in [6, 6.07) is 10.1. The number of phenols is 3. The molecule has 0 radical (unpaired) electrons. The van der Waals surface area contributed by atoms with Crippen molar-refractivity contribution in [3.05, 3.63) is 69.8 Å². The van der Waals surface area contributed by atoms with E-state index in [1.54, 1.807) is 36.4 Å². The Kier molecular flexibility index (Phi) is 10.9. The topological polar surface area (TPSA) is 127 Å². The van der Waals surface area contributed by atoms with Gasteiger partial charge in [0.2, 0.25) is 0 Å². The summed E-state index contributed by atoms with van der Waals surface area (Å²) in [6.45, 7) is 37.1. The van der Waals surface area contributed by atoms with Crippen LogP contribution in [0, 0.1) is 0 Å². The number of aromatic nitrogens is 3. The first-order chi connectivity index (χ1) is 24.3. The number of ether oxygens (including phenoxy) is 3. The molecule has 4 rings (SSSR count). The predicted octanol–water partition coefficient (Wildman–Crippen LogP) is 12.2. The van der Waals surface area contributed by atoms with Crippen molar-refractivity contribution in [1.29, 1.82) is 0 Å². The van der Waals surface area contributed by atoms with Crippen LogP contribution in [0.25, 0.3) is 0 Å². The largest absolute Gasteiger partial charge is 0.508 e. The van der Waals surface area contributed by atoms with E-state index in [-0.39, 0.29) is 34.8 Å². The van der Waals surface area contributed by atoms with E-state index in [2.05, 4.69) is 140 Å². The zero-order chi connectivity index (χ0) is 41.1. The number of nitrogens with zero attached hydrogens (tertiary/aromatic N) is 3. The molecule has 4 aromatic rings. The van der Waals surface area contributed by atoms with Crippen molar-refractivity contribution < 1.29 is 29.5 Å². The number of hydrogen-bond donors (Lipinski definition) is 3. The van der Waals surface area contributed by atoms with E-state index in [4.69, 9.17) is 14.2 Å². The summed E-state index contributed by atoms with van der Waals surface area (Å²) >= 11 is 0. The molecule has 1 aromatic heterocycles. The number of phenolic OH excluding ortho intramolecular Hbond substituents is 3. The Morgan fingerprint density at radius 1 is 0.352 bits per heavy atom. The third-order valence-corrected chi connectivity index (χ3v) is 9.22. The lowest BCUT2D eigenvalue weighted by molar-refractivity contribution is 0.337. The van der Waals surface area contributed by atoms with E-state index < -0.39 is 32.5 Å². The van der Waals surface area contributed by atoms with Crippen LogP contribution in [0.15, 0.2) is 36.4 Å². The second kappa shape index (κ2) is 14.0. The molecule has 0 aliphatic rings. The normalized spacial score (nSPS) is 13.2. The highest BCUT2D eigenvalue weighted by Crippen LogP contribution is 2.52. The van der Waals surface area contributed by atoms with Crippen LogP contribution in [-0.4, -0.2) is 30.7 Å². The Morgan fingerprint density at radius 3 is 0.833 bits per heavy atom. The summed E-state index contributed by atoms with van der Waals surface area (Å²) in [5.74, 6) is 1.96. The number of hydrogen-bond acceptors (Lipinski definition) is 9. The lowest BCUT2D eigenvalue weighted by Gasteiger charge is -2.33. The summed E-state index contributed by atoms with van der Waals surface area (Å²) < 4.78 is 20.4. The predicted molar refractivity (Wildman–Crippen MR) is 217 cm³/mol. The van der Waals surface area contributed by atoms with Gasteiger partial charge in [0.25, 0.3) is 17.5 Å². The van der Waals surface area contributed by atoms with Crippen molar-refractivity contribution in [3.8, 4) is 52.0 Å². The SMILES string of the molecule is CC(C)(C)c1c(O)ccc(Oc2nnnc(Oc3ccc(O)c(C(C)(C)C)c3C(C)(C)C)c2Oc2ccc(O)c(C(C)(C)C)c2C(C)(C)C)c1C(C)(C)C. The molecule has 54 heavy (non-hydrogen) atoms. The zero-order valence-electron chi connectivity index (χ0n) is 35.9. The fraction of sp³-hybridized carbons (Fsp3) is 0.533. The summed E-state index contributed by atoms with van der Waals surface area (Å²) in [7, 11) is 0. The number of aromatic hydroxyl groups is 3. The van der Waals surface area contributed by atoms with E-state index in [9.17, 15) is 15.3 Å². The quantitative estimate of drug-likeness (QED) is 0.177. The molecule has 0 saturated heterocycles. The zero-order valence-corrected chi connectivity index (χ0v) is 35.9. The summed E-state index contributed by atoms with van der Waals surface area (Å²) in [5, 5.41) is 46.5. The first-order valence-electron chi connectivity index (χ1n) is 18.7. The Morgan fingerprint density at radius 2 is 0.593 bits per heavy atom. The Hall–Kier alpha value is -4.53. The molecule has 0 spiro atoms. The molecule has 0 aliphatic heterocycles. The first-order valence-corrected chi connectivity index (χ1v) is 18.7. The van der Waals surface area contributed by atoms with Crippen LogP contribution in [0.3, 0.4) is 0 Å². The van der Waals surface area contributed by atoms with Crippen LogP contribution in [0.5, 0.6) is 52.0 Å². The molecule has 0 fully saturated rings. The number of rotatable bonds is 6. The molecule has 3 aromatic carbocycles. The maximum atomic E-state index is 11.2. The molecule has 0 saturated carbocycles. The van der Waals surface area contributed by atoms with Gasteiger partial charge >= 0.3 is 0 Å². The molecule has 0 unspecified atom stereocenters. The van der Waals surface area contributed by atoms with Gasteiger partial charge in [-0.1, -0.05) is 135 Å². The van der Waals surface area contributed by atoms with Crippen LogP contribution in [0.4, 0.5) is 0 Å². The van der Waals surface area contributed by atoms with Gasteiger partial charge in [-0.25, -0.2) is 0 Å². The highest BCUT2D eigenvalue weighted by Gasteiger charge is 2.37. The van der Waals surface area contributed by atoms with Crippen LogP contribution in [0.1, 0.15) is 158 Å². The van der Waals surface area contributed by atoms with Gasteiger partial charge in [-0.2, -0.15) is 0 Å². The molecule has 0 amide bonds. The first kappa shape index (κ1) is 42.2.